The smallest absolute Gasteiger partial charge is 0.238 e. The number of hydrogen-bond acceptors (Lipinski definition) is 8. The number of amides is 1. The van der Waals surface area contributed by atoms with Crippen LogP contribution in [-0.2, 0) is 11.3 Å². The molecule has 4 heterocycles. The summed E-state index contributed by atoms with van der Waals surface area (Å²) in [6.45, 7) is 6.04. The molecule has 1 saturated heterocycles. The molecule has 0 bridgehead atoms. The number of nitrogens with zero attached hydrogens (tertiary/aromatic N) is 5. The van der Waals surface area contributed by atoms with E-state index in [-0.39, 0.29) is 11.2 Å². The molecule has 10 heteroatoms. The second-order valence-corrected chi connectivity index (χ2v) is 8.02. The SMILES string of the molecule is Cc1cc(NC(=O)C(C)Sc2nnc(N3CCCC3)n2Cc2ccco2)no1. The molecule has 1 amide bonds. The molecule has 3 aromatic heterocycles. The summed E-state index contributed by atoms with van der Waals surface area (Å²) in [4.78, 5) is 14.7. The lowest BCUT2D eigenvalue weighted by Gasteiger charge is -2.18. The number of aryl methyl sites for hydroxylation is 1. The maximum Gasteiger partial charge on any atom is 0.238 e. The number of furan rings is 1. The Balaban J connectivity index is 1.51. The standard InChI is InChI=1S/C18H22N6O3S/c1-12-10-15(22-27-12)19-16(25)13(2)28-18-21-20-17(23-7-3-4-8-23)24(18)11-14-6-5-9-26-14/h5-6,9-10,13H,3-4,7-8,11H2,1-2H3,(H,19,22,25). The molecule has 0 spiro atoms. The first-order valence-corrected chi connectivity index (χ1v) is 10.1. The van der Waals surface area contributed by atoms with Crippen LogP contribution in [0.5, 0.6) is 0 Å². The van der Waals surface area contributed by atoms with Gasteiger partial charge in [-0.05, 0) is 38.8 Å². The summed E-state index contributed by atoms with van der Waals surface area (Å²) in [7, 11) is 0. The van der Waals surface area contributed by atoms with Gasteiger partial charge in [0.05, 0.1) is 18.1 Å². The van der Waals surface area contributed by atoms with Crippen LogP contribution in [0.4, 0.5) is 11.8 Å². The zero-order chi connectivity index (χ0) is 19.5. The summed E-state index contributed by atoms with van der Waals surface area (Å²) in [5.41, 5.74) is 0. The highest BCUT2D eigenvalue weighted by Gasteiger charge is 2.25. The van der Waals surface area contributed by atoms with E-state index >= 15 is 0 Å². The van der Waals surface area contributed by atoms with E-state index in [9.17, 15) is 4.79 Å². The highest BCUT2D eigenvalue weighted by Crippen LogP contribution is 2.29. The van der Waals surface area contributed by atoms with Crippen molar-refractivity contribution in [3.05, 3.63) is 36.0 Å². The van der Waals surface area contributed by atoms with Gasteiger partial charge in [0, 0.05) is 19.2 Å². The number of thioether (sulfide) groups is 1. The molecular weight excluding hydrogens is 380 g/mol. The summed E-state index contributed by atoms with van der Waals surface area (Å²) in [5.74, 6) is 2.51. The number of nitrogens with one attached hydrogen (secondary N) is 1. The van der Waals surface area contributed by atoms with Crippen molar-refractivity contribution in [2.45, 2.75) is 43.6 Å². The Labute approximate surface area is 166 Å². The van der Waals surface area contributed by atoms with Crippen LogP contribution >= 0.6 is 11.8 Å². The fraction of sp³-hybridized carbons (Fsp3) is 0.444. The minimum absolute atomic E-state index is 0.173. The van der Waals surface area contributed by atoms with Gasteiger partial charge in [-0.1, -0.05) is 16.9 Å². The van der Waals surface area contributed by atoms with Gasteiger partial charge < -0.3 is 19.2 Å². The van der Waals surface area contributed by atoms with Crippen LogP contribution in [0.3, 0.4) is 0 Å². The normalized spacial score (nSPS) is 15.1. The van der Waals surface area contributed by atoms with Crippen LogP contribution in [0.25, 0.3) is 0 Å². The van der Waals surface area contributed by atoms with Gasteiger partial charge >= 0.3 is 0 Å². The van der Waals surface area contributed by atoms with Crippen molar-refractivity contribution in [3.8, 4) is 0 Å². The van der Waals surface area contributed by atoms with Gasteiger partial charge in [0.2, 0.25) is 11.9 Å². The molecule has 1 unspecified atom stereocenters. The number of aromatic nitrogens is 4. The lowest BCUT2D eigenvalue weighted by molar-refractivity contribution is -0.115. The van der Waals surface area contributed by atoms with E-state index in [0.717, 1.165) is 37.6 Å². The molecule has 0 radical (unpaired) electrons. The largest absolute Gasteiger partial charge is 0.467 e. The molecule has 1 N–H and O–H groups in total. The van der Waals surface area contributed by atoms with Crippen molar-refractivity contribution < 1.29 is 13.7 Å². The van der Waals surface area contributed by atoms with E-state index in [1.807, 2.05) is 23.6 Å². The number of anilines is 2. The highest BCUT2D eigenvalue weighted by atomic mass is 32.2. The Bertz CT molecular complexity index is 929. The maximum atomic E-state index is 12.5. The predicted molar refractivity (Wildman–Crippen MR) is 104 cm³/mol. The lowest BCUT2D eigenvalue weighted by atomic mass is 10.4. The van der Waals surface area contributed by atoms with Gasteiger partial charge in [0.1, 0.15) is 11.5 Å². The first-order chi connectivity index (χ1) is 13.6. The van der Waals surface area contributed by atoms with Gasteiger partial charge in [-0.2, -0.15) is 0 Å². The Morgan fingerprint density at radius 1 is 1.36 bits per heavy atom. The Hall–Kier alpha value is -2.75. The molecule has 0 aliphatic carbocycles. The molecule has 1 atom stereocenters. The van der Waals surface area contributed by atoms with E-state index in [1.165, 1.54) is 11.8 Å². The zero-order valence-corrected chi connectivity index (χ0v) is 16.6. The van der Waals surface area contributed by atoms with Crippen LogP contribution in [0.1, 0.15) is 31.3 Å². The van der Waals surface area contributed by atoms with E-state index in [4.69, 9.17) is 8.94 Å². The molecule has 0 aromatic carbocycles. The molecule has 9 nitrogen and oxygen atoms in total. The monoisotopic (exact) mass is 402 g/mol. The molecule has 4 rings (SSSR count). The van der Waals surface area contributed by atoms with Crippen molar-refractivity contribution in [1.29, 1.82) is 0 Å². The van der Waals surface area contributed by atoms with Crippen LogP contribution in [0, 0.1) is 6.92 Å². The van der Waals surface area contributed by atoms with Gasteiger partial charge in [-0.15, -0.1) is 10.2 Å². The third-order valence-corrected chi connectivity index (χ3v) is 5.59. The van der Waals surface area contributed by atoms with E-state index < -0.39 is 0 Å². The summed E-state index contributed by atoms with van der Waals surface area (Å²) in [6.07, 6.45) is 3.94. The topological polar surface area (TPSA) is 102 Å². The molecule has 1 aliphatic heterocycles. The third kappa shape index (κ3) is 4.06. The average Bonchev–Trinajstić information content (AvgIpc) is 3.45. The Morgan fingerprint density at radius 3 is 2.86 bits per heavy atom. The molecule has 28 heavy (non-hydrogen) atoms. The maximum absolute atomic E-state index is 12.5. The average molecular weight is 402 g/mol. The molecule has 148 valence electrons. The summed E-state index contributed by atoms with van der Waals surface area (Å²) >= 11 is 1.36. The third-order valence-electron chi connectivity index (χ3n) is 4.51. The van der Waals surface area contributed by atoms with Crippen molar-refractivity contribution in [2.24, 2.45) is 0 Å². The molecular formula is C18H22N6O3S. The zero-order valence-electron chi connectivity index (χ0n) is 15.8. The van der Waals surface area contributed by atoms with Crippen molar-refractivity contribution in [1.82, 2.24) is 19.9 Å². The summed E-state index contributed by atoms with van der Waals surface area (Å²) in [5, 5.41) is 15.6. The van der Waals surface area contributed by atoms with Crippen LogP contribution in [0.15, 0.2) is 38.6 Å². The lowest BCUT2D eigenvalue weighted by Crippen LogP contribution is -2.24. The molecule has 1 fully saturated rings. The first-order valence-electron chi connectivity index (χ1n) is 9.21. The van der Waals surface area contributed by atoms with E-state index in [2.05, 4.69) is 25.6 Å². The van der Waals surface area contributed by atoms with Gasteiger partial charge in [-0.3, -0.25) is 9.36 Å². The number of hydrogen-bond donors (Lipinski definition) is 1. The number of carbonyl (C=O) groups excluding carboxylic acids is 1. The van der Waals surface area contributed by atoms with Crippen molar-refractivity contribution in [2.75, 3.05) is 23.3 Å². The minimum Gasteiger partial charge on any atom is -0.467 e. The van der Waals surface area contributed by atoms with Gasteiger partial charge in [0.25, 0.3) is 0 Å². The first kappa shape index (κ1) is 18.6. The minimum atomic E-state index is -0.386. The van der Waals surface area contributed by atoms with E-state index in [0.29, 0.717) is 23.3 Å². The van der Waals surface area contributed by atoms with Gasteiger partial charge in [-0.25, -0.2) is 0 Å². The fourth-order valence-electron chi connectivity index (χ4n) is 3.08. The Kier molecular flexibility index (Phi) is 5.38. The summed E-state index contributed by atoms with van der Waals surface area (Å²) in [6, 6.07) is 5.46. The second-order valence-electron chi connectivity index (χ2n) is 6.71. The van der Waals surface area contributed by atoms with Crippen molar-refractivity contribution >= 4 is 29.4 Å². The number of carbonyl (C=O) groups is 1. The van der Waals surface area contributed by atoms with Gasteiger partial charge in [0.15, 0.2) is 11.0 Å². The number of rotatable bonds is 7. The fourth-order valence-corrected chi connectivity index (χ4v) is 3.92. The molecule has 0 saturated carbocycles. The molecule has 3 aromatic rings. The molecule has 1 aliphatic rings. The Morgan fingerprint density at radius 2 is 2.18 bits per heavy atom. The van der Waals surface area contributed by atoms with Crippen LogP contribution < -0.4 is 10.2 Å². The quantitative estimate of drug-likeness (QED) is 0.602. The van der Waals surface area contributed by atoms with Crippen molar-refractivity contribution in [3.63, 3.8) is 0 Å². The van der Waals surface area contributed by atoms with Crippen LogP contribution in [0.2, 0.25) is 0 Å². The highest BCUT2D eigenvalue weighted by molar-refractivity contribution is 8.00. The van der Waals surface area contributed by atoms with E-state index in [1.54, 1.807) is 19.3 Å². The summed E-state index contributed by atoms with van der Waals surface area (Å²) < 4.78 is 12.5. The predicted octanol–water partition coefficient (Wildman–Crippen LogP) is 2.94. The van der Waals surface area contributed by atoms with Crippen LogP contribution in [-0.4, -0.2) is 44.2 Å². The second kappa shape index (κ2) is 8.09.